The highest BCUT2D eigenvalue weighted by molar-refractivity contribution is 5.32. The molecule has 3 nitrogen and oxygen atoms in total. The number of hydrazine groups is 1. The van der Waals surface area contributed by atoms with E-state index < -0.39 is 17.7 Å². The summed E-state index contributed by atoms with van der Waals surface area (Å²) in [6, 6.07) is 6.42. The minimum Gasteiger partial charge on any atom is -0.271 e. The van der Waals surface area contributed by atoms with Crippen LogP contribution in [0.1, 0.15) is 22.9 Å². The smallest absolute Gasteiger partial charge is 0.126 e. The Morgan fingerprint density at radius 2 is 1.78 bits per heavy atom. The molecule has 1 aromatic carbocycles. The minimum absolute atomic E-state index is 0.431. The molecule has 0 saturated carbocycles. The van der Waals surface area contributed by atoms with E-state index in [-0.39, 0.29) is 0 Å². The lowest BCUT2D eigenvalue weighted by Crippen LogP contribution is -2.29. The molecule has 5 heteroatoms. The van der Waals surface area contributed by atoms with Crippen LogP contribution in [0.25, 0.3) is 0 Å². The van der Waals surface area contributed by atoms with Gasteiger partial charge in [-0.15, -0.1) is 0 Å². The maximum atomic E-state index is 13.2. The summed E-state index contributed by atoms with van der Waals surface area (Å²) >= 11 is 0. The third-order valence-electron chi connectivity index (χ3n) is 2.64. The average Bonchev–Trinajstić information content (AvgIpc) is 2.28. The van der Waals surface area contributed by atoms with Gasteiger partial charge in [-0.1, -0.05) is 0 Å². The zero-order valence-corrected chi connectivity index (χ0v) is 9.82. The number of nitrogens with zero attached hydrogens (tertiary/aromatic N) is 1. The molecule has 2 rings (SSSR count). The molecule has 1 atom stereocenters. The van der Waals surface area contributed by atoms with Crippen molar-refractivity contribution < 1.29 is 8.78 Å². The van der Waals surface area contributed by atoms with Gasteiger partial charge in [0.25, 0.3) is 0 Å². The Morgan fingerprint density at radius 1 is 1.11 bits per heavy atom. The Kier molecular flexibility index (Phi) is 3.64. The second-order valence-corrected chi connectivity index (χ2v) is 4.03. The number of hydrogen-bond donors (Lipinski definition) is 2. The molecule has 1 unspecified atom stereocenters. The number of benzene rings is 1. The van der Waals surface area contributed by atoms with E-state index in [1.165, 1.54) is 12.1 Å². The third kappa shape index (κ3) is 2.69. The number of nitrogens with two attached hydrogens (primary N) is 1. The van der Waals surface area contributed by atoms with E-state index >= 15 is 0 Å². The van der Waals surface area contributed by atoms with Crippen LogP contribution in [0.3, 0.4) is 0 Å². The van der Waals surface area contributed by atoms with Crippen molar-refractivity contribution in [3.63, 3.8) is 0 Å². The Labute approximate surface area is 104 Å². The molecule has 1 aromatic heterocycles. The number of hydrogen-bond acceptors (Lipinski definition) is 3. The van der Waals surface area contributed by atoms with Crippen LogP contribution < -0.4 is 11.3 Å². The summed E-state index contributed by atoms with van der Waals surface area (Å²) in [6.07, 6.45) is 1.63. The highest BCUT2D eigenvalue weighted by Crippen LogP contribution is 2.23. The highest BCUT2D eigenvalue weighted by Gasteiger charge is 2.14. The maximum absolute atomic E-state index is 13.2. The van der Waals surface area contributed by atoms with Gasteiger partial charge in [-0.2, -0.15) is 0 Å². The molecule has 1 heterocycles. The first-order valence-electron chi connectivity index (χ1n) is 5.45. The summed E-state index contributed by atoms with van der Waals surface area (Å²) in [7, 11) is 0. The van der Waals surface area contributed by atoms with E-state index in [1.54, 1.807) is 12.3 Å². The molecule has 0 saturated heterocycles. The van der Waals surface area contributed by atoms with Crippen molar-refractivity contribution >= 4 is 0 Å². The van der Waals surface area contributed by atoms with Gasteiger partial charge < -0.3 is 0 Å². The van der Waals surface area contributed by atoms with Crippen LogP contribution in [-0.4, -0.2) is 4.98 Å². The van der Waals surface area contributed by atoms with Crippen LogP contribution in [0.15, 0.2) is 36.5 Å². The number of halogens is 2. The minimum atomic E-state index is -0.629. The first kappa shape index (κ1) is 12.6. The SMILES string of the molecule is Cc1cc(C(NN)c2cc(F)cc(F)c2)ccn1. The fraction of sp³-hybridized carbons (Fsp3) is 0.154. The van der Waals surface area contributed by atoms with Crippen molar-refractivity contribution in [2.24, 2.45) is 5.84 Å². The second kappa shape index (κ2) is 5.20. The topological polar surface area (TPSA) is 50.9 Å². The molecule has 18 heavy (non-hydrogen) atoms. The molecule has 0 bridgehead atoms. The van der Waals surface area contributed by atoms with E-state index in [2.05, 4.69) is 10.4 Å². The standard InChI is InChI=1S/C13H13F2N3/c1-8-4-9(2-3-17-8)13(18-16)10-5-11(14)7-12(15)6-10/h2-7,13,18H,16H2,1H3. The molecular weight excluding hydrogens is 236 g/mol. The number of rotatable bonds is 3. The van der Waals surface area contributed by atoms with Crippen molar-refractivity contribution in [2.45, 2.75) is 13.0 Å². The van der Waals surface area contributed by atoms with E-state index in [9.17, 15) is 8.78 Å². The van der Waals surface area contributed by atoms with E-state index in [0.29, 0.717) is 5.56 Å². The zero-order chi connectivity index (χ0) is 13.1. The summed E-state index contributed by atoms with van der Waals surface area (Å²) in [6.45, 7) is 1.84. The molecule has 0 aliphatic carbocycles. The molecule has 0 aliphatic heterocycles. The molecule has 0 aliphatic rings. The van der Waals surface area contributed by atoms with Crippen LogP contribution in [0.4, 0.5) is 8.78 Å². The van der Waals surface area contributed by atoms with Crippen LogP contribution in [0, 0.1) is 18.6 Å². The first-order valence-corrected chi connectivity index (χ1v) is 5.45. The Hall–Kier alpha value is -1.85. The van der Waals surface area contributed by atoms with Crippen LogP contribution >= 0.6 is 0 Å². The predicted octanol–water partition coefficient (Wildman–Crippen LogP) is 2.22. The summed E-state index contributed by atoms with van der Waals surface area (Å²) in [5.41, 5.74) is 4.60. The summed E-state index contributed by atoms with van der Waals surface area (Å²) < 4.78 is 26.4. The van der Waals surface area contributed by atoms with E-state index in [0.717, 1.165) is 17.3 Å². The maximum Gasteiger partial charge on any atom is 0.126 e. The van der Waals surface area contributed by atoms with Crippen molar-refractivity contribution in [1.82, 2.24) is 10.4 Å². The van der Waals surface area contributed by atoms with Gasteiger partial charge in [0.2, 0.25) is 0 Å². The Morgan fingerprint density at radius 3 is 2.33 bits per heavy atom. The van der Waals surface area contributed by atoms with Gasteiger partial charge in [0.1, 0.15) is 11.6 Å². The summed E-state index contributed by atoms with van der Waals surface area (Å²) in [5, 5.41) is 0. The number of nitrogens with one attached hydrogen (secondary N) is 1. The lowest BCUT2D eigenvalue weighted by atomic mass is 9.99. The summed E-state index contributed by atoms with van der Waals surface area (Å²) in [4.78, 5) is 4.07. The molecule has 94 valence electrons. The molecular formula is C13H13F2N3. The van der Waals surface area contributed by atoms with Gasteiger partial charge in [0.15, 0.2) is 0 Å². The van der Waals surface area contributed by atoms with Gasteiger partial charge in [-0.25, -0.2) is 14.2 Å². The predicted molar refractivity (Wildman–Crippen MR) is 64.5 cm³/mol. The molecule has 3 N–H and O–H groups in total. The van der Waals surface area contributed by atoms with Gasteiger partial charge in [-0.05, 0) is 42.3 Å². The molecule has 2 aromatic rings. The third-order valence-corrected chi connectivity index (χ3v) is 2.64. The average molecular weight is 249 g/mol. The molecule has 0 radical (unpaired) electrons. The number of aryl methyl sites for hydroxylation is 1. The Bertz CT molecular complexity index is 537. The first-order chi connectivity index (χ1) is 8.60. The van der Waals surface area contributed by atoms with Gasteiger partial charge >= 0.3 is 0 Å². The fourth-order valence-electron chi connectivity index (χ4n) is 1.87. The van der Waals surface area contributed by atoms with Crippen LogP contribution in [0.2, 0.25) is 0 Å². The fourth-order valence-corrected chi connectivity index (χ4v) is 1.87. The lowest BCUT2D eigenvalue weighted by molar-refractivity contribution is 0.566. The zero-order valence-electron chi connectivity index (χ0n) is 9.82. The molecule has 0 fully saturated rings. The monoisotopic (exact) mass is 249 g/mol. The molecule has 0 amide bonds. The van der Waals surface area contributed by atoms with Crippen LogP contribution in [0.5, 0.6) is 0 Å². The van der Waals surface area contributed by atoms with Crippen molar-refractivity contribution in [3.8, 4) is 0 Å². The van der Waals surface area contributed by atoms with Crippen LogP contribution in [-0.2, 0) is 0 Å². The van der Waals surface area contributed by atoms with E-state index in [1.807, 2.05) is 13.0 Å². The highest BCUT2D eigenvalue weighted by atomic mass is 19.1. The Balaban J connectivity index is 2.45. The number of aromatic nitrogens is 1. The van der Waals surface area contributed by atoms with E-state index in [4.69, 9.17) is 5.84 Å². The van der Waals surface area contributed by atoms with Gasteiger partial charge in [-0.3, -0.25) is 10.8 Å². The molecule has 0 spiro atoms. The second-order valence-electron chi connectivity index (χ2n) is 4.03. The summed E-state index contributed by atoms with van der Waals surface area (Å²) in [5.74, 6) is 4.21. The normalized spacial score (nSPS) is 12.4. The van der Waals surface area contributed by atoms with Gasteiger partial charge in [0, 0.05) is 18.0 Å². The van der Waals surface area contributed by atoms with Gasteiger partial charge in [0.05, 0.1) is 6.04 Å². The largest absolute Gasteiger partial charge is 0.271 e. The number of pyridine rings is 1. The van der Waals surface area contributed by atoms with Crippen molar-refractivity contribution in [3.05, 3.63) is 65.0 Å². The lowest BCUT2D eigenvalue weighted by Gasteiger charge is -2.17. The quantitative estimate of drug-likeness (QED) is 0.647. The van der Waals surface area contributed by atoms with Crippen molar-refractivity contribution in [1.29, 1.82) is 0 Å². The van der Waals surface area contributed by atoms with Crippen molar-refractivity contribution in [2.75, 3.05) is 0 Å².